The van der Waals surface area contributed by atoms with Crippen LogP contribution in [0.25, 0.3) is 0 Å². The zero-order valence-corrected chi connectivity index (χ0v) is 10.1. The number of carbonyl (C=O) groups excluding carboxylic acids is 2. The van der Waals surface area contributed by atoms with Crippen LogP contribution in [0.1, 0.15) is 17.5 Å². The molecule has 1 fully saturated rings. The topological polar surface area (TPSA) is 55.4 Å². The van der Waals surface area contributed by atoms with Gasteiger partial charge in [0.1, 0.15) is 5.75 Å². The van der Waals surface area contributed by atoms with Gasteiger partial charge in [-0.05, 0) is 13.0 Å². The van der Waals surface area contributed by atoms with Crippen LogP contribution in [0.5, 0.6) is 5.75 Å². The zero-order chi connectivity index (χ0) is 12.0. The molecule has 88 valence electrons. The largest absolute Gasteiger partial charge is 0.425 e. The highest BCUT2D eigenvalue weighted by Crippen LogP contribution is 2.45. The van der Waals surface area contributed by atoms with Crippen LogP contribution in [-0.4, -0.2) is 17.6 Å². The Labute approximate surface area is 103 Å². The lowest BCUT2D eigenvalue weighted by molar-refractivity contribution is -0.126. The van der Waals surface area contributed by atoms with Crippen LogP contribution in [0.3, 0.4) is 0 Å². The molecule has 2 aliphatic rings. The van der Waals surface area contributed by atoms with Gasteiger partial charge in [-0.2, -0.15) is 0 Å². The lowest BCUT2D eigenvalue weighted by Crippen LogP contribution is -2.40. The van der Waals surface area contributed by atoms with Crippen molar-refractivity contribution in [2.24, 2.45) is 0 Å². The molecule has 1 atom stereocenters. The first-order valence-electron chi connectivity index (χ1n) is 5.37. The minimum absolute atomic E-state index is 0.204. The number of carbonyl (C=O) groups is 2. The van der Waals surface area contributed by atoms with Crippen LogP contribution in [-0.2, 0) is 15.0 Å². The van der Waals surface area contributed by atoms with Gasteiger partial charge in [-0.3, -0.25) is 14.9 Å². The Balaban J connectivity index is 2.19. The highest BCUT2D eigenvalue weighted by molar-refractivity contribution is 7.95. The normalized spacial score (nSPS) is 26.6. The molecule has 0 bridgehead atoms. The average Bonchev–Trinajstić information content (AvgIpc) is 2.56. The fourth-order valence-electron chi connectivity index (χ4n) is 2.34. The summed E-state index contributed by atoms with van der Waals surface area (Å²) in [5.41, 5.74) is 1.16. The average molecular weight is 249 g/mol. The summed E-state index contributed by atoms with van der Waals surface area (Å²) in [5, 5.41) is 2.39. The Morgan fingerprint density at radius 1 is 1.41 bits per heavy atom. The second kappa shape index (κ2) is 3.50. The lowest BCUT2D eigenvalue weighted by atomic mass is 9.79. The molecule has 1 unspecified atom stereocenters. The molecule has 2 aliphatic heterocycles. The van der Waals surface area contributed by atoms with Crippen LogP contribution in [0, 0.1) is 6.92 Å². The van der Waals surface area contributed by atoms with Gasteiger partial charge in [-0.15, -0.1) is 0 Å². The van der Waals surface area contributed by atoms with Crippen LogP contribution < -0.4 is 9.50 Å². The Bertz CT molecular complexity index is 528. The summed E-state index contributed by atoms with van der Waals surface area (Å²) < 4.78 is 5.47. The van der Waals surface area contributed by atoms with E-state index in [1.54, 1.807) is 0 Å². The van der Waals surface area contributed by atoms with Crippen molar-refractivity contribution in [2.45, 2.75) is 18.8 Å². The Morgan fingerprint density at radius 3 is 2.94 bits per heavy atom. The summed E-state index contributed by atoms with van der Waals surface area (Å²) in [7, 11) is 0. The maximum Gasteiger partial charge on any atom is 0.238 e. The molecule has 5 heteroatoms. The number of nitrogens with one attached hydrogen (secondary N) is 1. The number of hydrogen-bond donors (Lipinski definition) is 1. The summed E-state index contributed by atoms with van der Waals surface area (Å²) in [6.45, 7) is 1.96. The van der Waals surface area contributed by atoms with Gasteiger partial charge in [0.25, 0.3) is 0 Å². The number of benzene rings is 1. The van der Waals surface area contributed by atoms with Crippen LogP contribution >= 0.6 is 12.0 Å². The minimum atomic E-state index is -0.735. The van der Waals surface area contributed by atoms with Gasteiger partial charge in [0.05, 0.1) is 23.2 Å². The monoisotopic (exact) mass is 249 g/mol. The van der Waals surface area contributed by atoms with Crippen LogP contribution in [0.4, 0.5) is 0 Å². The first-order chi connectivity index (χ1) is 8.12. The summed E-state index contributed by atoms with van der Waals surface area (Å²) in [4.78, 5) is 23.5. The summed E-state index contributed by atoms with van der Waals surface area (Å²) in [6, 6.07) is 5.73. The van der Waals surface area contributed by atoms with Crippen molar-refractivity contribution in [2.75, 3.05) is 5.75 Å². The SMILES string of the molecule is Cc1ccc2c(c1)C1(CSO2)CC(=O)NC1=O. The fourth-order valence-corrected chi connectivity index (χ4v) is 3.26. The Hall–Kier alpha value is -1.49. The molecule has 1 N–H and O–H groups in total. The molecule has 0 radical (unpaired) electrons. The van der Waals surface area contributed by atoms with Gasteiger partial charge in [0.2, 0.25) is 11.8 Å². The van der Waals surface area contributed by atoms with Crippen molar-refractivity contribution in [3.63, 3.8) is 0 Å². The lowest BCUT2D eigenvalue weighted by Gasteiger charge is -2.31. The number of rotatable bonds is 0. The van der Waals surface area contributed by atoms with Crippen molar-refractivity contribution in [3.05, 3.63) is 29.3 Å². The minimum Gasteiger partial charge on any atom is -0.425 e. The number of imide groups is 1. The standard InChI is InChI=1S/C12H11NO3S/c1-7-2-3-9-8(4-7)12(6-17-16-9)5-10(14)13-11(12)15/h2-4H,5-6H2,1H3,(H,13,14,15). The molecule has 3 rings (SSSR count). The maximum atomic E-state index is 12.0. The van der Waals surface area contributed by atoms with E-state index >= 15 is 0 Å². The molecular weight excluding hydrogens is 238 g/mol. The molecule has 0 aromatic heterocycles. The molecule has 1 aromatic rings. The smallest absolute Gasteiger partial charge is 0.238 e. The van der Waals surface area contributed by atoms with E-state index in [1.807, 2.05) is 25.1 Å². The predicted octanol–water partition coefficient (Wildman–Crippen LogP) is 1.32. The number of amides is 2. The maximum absolute atomic E-state index is 12.0. The quantitative estimate of drug-likeness (QED) is 0.556. The van der Waals surface area contributed by atoms with E-state index in [0.717, 1.165) is 11.1 Å². The van der Waals surface area contributed by atoms with E-state index in [-0.39, 0.29) is 18.2 Å². The molecule has 2 heterocycles. The van der Waals surface area contributed by atoms with Crippen molar-refractivity contribution < 1.29 is 13.8 Å². The van der Waals surface area contributed by atoms with Gasteiger partial charge in [-0.1, -0.05) is 17.7 Å². The van der Waals surface area contributed by atoms with E-state index < -0.39 is 5.41 Å². The fraction of sp³-hybridized carbons (Fsp3) is 0.333. The van der Waals surface area contributed by atoms with E-state index in [2.05, 4.69) is 5.32 Å². The molecule has 17 heavy (non-hydrogen) atoms. The molecule has 2 amide bonds. The third kappa shape index (κ3) is 1.45. The second-order valence-corrected chi connectivity index (χ2v) is 5.17. The highest BCUT2D eigenvalue weighted by Gasteiger charge is 2.51. The first kappa shape index (κ1) is 10.7. The van der Waals surface area contributed by atoms with Crippen LogP contribution in [0.15, 0.2) is 18.2 Å². The van der Waals surface area contributed by atoms with E-state index in [9.17, 15) is 9.59 Å². The molecule has 1 aromatic carbocycles. The van der Waals surface area contributed by atoms with Gasteiger partial charge in [0, 0.05) is 12.0 Å². The predicted molar refractivity (Wildman–Crippen MR) is 63.7 cm³/mol. The number of hydrogen-bond acceptors (Lipinski definition) is 4. The van der Waals surface area contributed by atoms with Crippen LogP contribution in [0.2, 0.25) is 0 Å². The van der Waals surface area contributed by atoms with Gasteiger partial charge >= 0.3 is 0 Å². The summed E-state index contributed by atoms with van der Waals surface area (Å²) in [5.74, 6) is 0.771. The third-order valence-electron chi connectivity index (χ3n) is 3.25. The van der Waals surface area contributed by atoms with E-state index in [0.29, 0.717) is 11.5 Å². The van der Waals surface area contributed by atoms with Gasteiger partial charge in [0.15, 0.2) is 0 Å². The van der Waals surface area contributed by atoms with E-state index in [4.69, 9.17) is 4.18 Å². The van der Waals surface area contributed by atoms with E-state index in [1.165, 1.54) is 12.0 Å². The number of fused-ring (bicyclic) bond motifs is 2. The molecular formula is C12H11NO3S. The molecule has 0 aliphatic carbocycles. The second-order valence-electron chi connectivity index (χ2n) is 4.48. The Kier molecular flexibility index (Phi) is 2.19. The highest BCUT2D eigenvalue weighted by atomic mass is 32.2. The summed E-state index contributed by atoms with van der Waals surface area (Å²) >= 11 is 1.23. The van der Waals surface area contributed by atoms with Gasteiger partial charge < -0.3 is 4.18 Å². The molecule has 4 nitrogen and oxygen atoms in total. The van der Waals surface area contributed by atoms with Crippen molar-refractivity contribution in [1.29, 1.82) is 0 Å². The van der Waals surface area contributed by atoms with Crippen molar-refractivity contribution in [1.82, 2.24) is 5.32 Å². The molecule has 1 spiro atoms. The van der Waals surface area contributed by atoms with Crippen molar-refractivity contribution >= 4 is 23.9 Å². The van der Waals surface area contributed by atoms with Crippen molar-refractivity contribution in [3.8, 4) is 5.75 Å². The van der Waals surface area contributed by atoms with Gasteiger partial charge in [-0.25, -0.2) is 0 Å². The Morgan fingerprint density at radius 2 is 2.24 bits per heavy atom. The molecule has 0 saturated carbocycles. The summed E-state index contributed by atoms with van der Waals surface area (Å²) in [6.07, 6.45) is 0.221. The third-order valence-corrected chi connectivity index (χ3v) is 4.16. The first-order valence-corrected chi connectivity index (χ1v) is 6.28. The number of aryl methyl sites for hydroxylation is 1. The zero-order valence-electron chi connectivity index (χ0n) is 9.28. The molecule has 1 saturated heterocycles.